The Kier molecular flexibility index (Phi) is 9.88. The van der Waals surface area contributed by atoms with E-state index in [1.165, 1.54) is 0 Å². The average molecular weight is 433 g/mol. The largest absolute Gasteiger partial charge is 0.487 e. The second-order valence-corrected chi connectivity index (χ2v) is 6.72. The maximum Gasteiger partial charge on any atom is 0.227 e. The van der Waals surface area contributed by atoms with Crippen LogP contribution in [0.25, 0.3) is 0 Å². The summed E-state index contributed by atoms with van der Waals surface area (Å²) in [6, 6.07) is 9.07. The van der Waals surface area contributed by atoms with Crippen LogP contribution in [0, 0.1) is 11.8 Å². The Morgan fingerprint density at radius 2 is 2.11 bits per heavy atom. The van der Waals surface area contributed by atoms with E-state index in [4.69, 9.17) is 22.1 Å². The van der Waals surface area contributed by atoms with E-state index in [1.807, 2.05) is 12.1 Å². The lowest BCUT2D eigenvalue weighted by molar-refractivity contribution is -0.120. The van der Waals surface area contributed by atoms with Gasteiger partial charge in [-0.2, -0.15) is 0 Å². The van der Waals surface area contributed by atoms with Gasteiger partial charge in [0.2, 0.25) is 5.91 Å². The van der Waals surface area contributed by atoms with Crippen LogP contribution < -0.4 is 15.8 Å². The highest BCUT2D eigenvalue weighted by atomic mass is 35.5. The molecule has 1 heterocycles. The molecule has 1 saturated carbocycles. The molecule has 0 saturated heterocycles. The molecule has 2 atom stereocenters. The van der Waals surface area contributed by atoms with Crippen molar-refractivity contribution in [2.75, 3.05) is 11.9 Å². The van der Waals surface area contributed by atoms with Crippen LogP contribution in [-0.2, 0) is 11.4 Å². The summed E-state index contributed by atoms with van der Waals surface area (Å²) in [6.45, 7) is 0.944. The van der Waals surface area contributed by atoms with Gasteiger partial charge < -0.3 is 15.8 Å². The Morgan fingerprint density at radius 1 is 1.30 bits per heavy atom. The molecule has 1 aliphatic rings. The number of carbonyl (C=O) groups excluding carboxylic acids is 1. The molecule has 2 aromatic rings. The van der Waals surface area contributed by atoms with Gasteiger partial charge in [0.05, 0.1) is 5.02 Å². The molecule has 3 N–H and O–H groups in total. The molecule has 27 heavy (non-hydrogen) atoms. The van der Waals surface area contributed by atoms with Crippen molar-refractivity contribution in [3.05, 3.63) is 53.3 Å². The van der Waals surface area contributed by atoms with Crippen LogP contribution in [0.5, 0.6) is 5.75 Å². The molecule has 5 nitrogen and oxygen atoms in total. The Hall–Kier alpha value is -1.53. The first-order valence-electron chi connectivity index (χ1n) is 8.49. The van der Waals surface area contributed by atoms with Crippen molar-refractivity contribution in [1.29, 1.82) is 0 Å². The molecule has 1 fully saturated rings. The summed E-state index contributed by atoms with van der Waals surface area (Å²) in [7, 11) is 0. The van der Waals surface area contributed by atoms with Crippen LogP contribution in [0.3, 0.4) is 0 Å². The minimum Gasteiger partial charge on any atom is -0.487 e. The SMILES string of the molecule is Cl.Cl.NC[C@H]1CCC[C@H]1C(=O)Nc1ccc(OCc2cccnc2)c(Cl)c1. The van der Waals surface area contributed by atoms with Crippen molar-refractivity contribution in [2.45, 2.75) is 25.9 Å². The molecule has 1 amide bonds. The second-order valence-electron chi connectivity index (χ2n) is 6.32. The van der Waals surface area contributed by atoms with Gasteiger partial charge in [-0.05, 0) is 49.6 Å². The topological polar surface area (TPSA) is 77.2 Å². The summed E-state index contributed by atoms with van der Waals surface area (Å²) in [5.74, 6) is 0.861. The van der Waals surface area contributed by atoms with Gasteiger partial charge in [-0.25, -0.2) is 0 Å². The highest BCUT2D eigenvalue weighted by Gasteiger charge is 2.31. The van der Waals surface area contributed by atoms with Gasteiger partial charge in [-0.3, -0.25) is 9.78 Å². The summed E-state index contributed by atoms with van der Waals surface area (Å²) in [4.78, 5) is 16.5. The Labute approximate surface area is 176 Å². The average Bonchev–Trinajstić information content (AvgIpc) is 3.11. The highest BCUT2D eigenvalue weighted by Crippen LogP contribution is 2.33. The molecule has 3 rings (SSSR count). The molecule has 0 unspecified atom stereocenters. The molecule has 1 aromatic heterocycles. The van der Waals surface area contributed by atoms with E-state index in [0.717, 1.165) is 24.8 Å². The van der Waals surface area contributed by atoms with E-state index < -0.39 is 0 Å². The Balaban J connectivity index is 0.00000182. The number of nitrogens with zero attached hydrogens (tertiary/aromatic N) is 1. The zero-order valence-corrected chi connectivity index (χ0v) is 17.2. The number of ether oxygens (including phenoxy) is 1. The van der Waals surface area contributed by atoms with Crippen molar-refractivity contribution in [3.8, 4) is 5.75 Å². The Bertz CT molecular complexity index is 731. The summed E-state index contributed by atoms with van der Waals surface area (Å²) in [6.07, 6.45) is 6.44. The van der Waals surface area contributed by atoms with E-state index in [9.17, 15) is 4.79 Å². The Morgan fingerprint density at radius 3 is 2.78 bits per heavy atom. The third-order valence-electron chi connectivity index (χ3n) is 4.62. The zero-order chi connectivity index (χ0) is 17.6. The molecular formula is C19H24Cl3N3O2. The molecule has 0 radical (unpaired) electrons. The van der Waals surface area contributed by atoms with Crippen LogP contribution in [0.15, 0.2) is 42.7 Å². The predicted molar refractivity (Wildman–Crippen MR) is 113 cm³/mol. The van der Waals surface area contributed by atoms with E-state index in [-0.39, 0.29) is 42.6 Å². The number of hydrogen-bond donors (Lipinski definition) is 2. The molecule has 1 aliphatic carbocycles. The molecule has 8 heteroatoms. The number of aromatic nitrogens is 1. The van der Waals surface area contributed by atoms with E-state index >= 15 is 0 Å². The molecule has 0 spiro atoms. The van der Waals surface area contributed by atoms with Gasteiger partial charge in [-0.15, -0.1) is 24.8 Å². The van der Waals surface area contributed by atoms with Crippen LogP contribution in [-0.4, -0.2) is 17.4 Å². The summed E-state index contributed by atoms with van der Waals surface area (Å²) in [5.41, 5.74) is 7.39. The monoisotopic (exact) mass is 431 g/mol. The number of nitrogens with one attached hydrogen (secondary N) is 1. The zero-order valence-electron chi connectivity index (χ0n) is 14.8. The number of nitrogens with two attached hydrogens (primary N) is 1. The summed E-state index contributed by atoms with van der Waals surface area (Å²) >= 11 is 6.28. The van der Waals surface area contributed by atoms with Crippen LogP contribution in [0.4, 0.5) is 5.69 Å². The first-order chi connectivity index (χ1) is 12.2. The quantitative estimate of drug-likeness (QED) is 0.706. The van der Waals surface area contributed by atoms with Crippen molar-refractivity contribution in [3.63, 3.8) is 0 Å². The number of amides is 1. The van der Waals surface area contributed by atoms with Gasteiger partial charge in [0.25, 0.3) is 0 Å². The van der Waals surface area contributed by atoms with E-state index in [1.54, 1.807) is 30.6 Å². The van der Waals surface area contributed by atoms with Crippen molar-refractivity contribution in [1.82, 2.24) is 4.98 Å². The van der Waals surface area contributed by atoms with Crippen LogP contribution in [0.1, 0.15) is 24.8 Å². The summed E-state index contributed by atoms with van der Waals surface area (Å²) < 4.78 is 5.72. The fourth-order valence-electron chi connectivity index (χ4n) is 3.24. The first kappa shape index (κ1) is 23.5. The molecule has 1 aromatic carbocycles. The number of carbonyl (C=O) groups is 1. The van der Waals surface area contributed by atoms with Gasteiger partial charge in [0.15, 0.2) is 0 Å². The maximum absolute atomic E-state index is 12.4. The molecule has 0 aliphatic heterocycles. The number of hydrogen-bond acceptors (Lipinski definition) is 4. The predicted octanol–water partition coefficient (Wildman–Crippen LogP) is 4.47. The van der Waals surface area contributed by atoms with Gasteiger partial charge in [-0.1, -0.05) is 24.1 Å². The van der Waals surface area contributed by atoms with Crippen molar-refractivity contribution >= 4 is 48.0 Å². The van der Waals surface area contributed by atoms with E-state index in [2.05, 4.69) is 10.3 Å². The number of pyridine rings is 1. The normalized spacial score (nSPS) is 18.1. The lowest BCUT2D eigenvalue weighted by atomic mass is 9.95. The fourth-order valence-corrected chi connectivity index (χ4v) is 3.47. The smallest absolute Gasteiger partial charge is 0.227 e. The molecule has 148 valence electrons. The maximum atomic E-state index is 12.4. The van der Waals surface area contributed by atoms with Gasteiger partial charge >= 0.3 is 0 Å². The van der Waals surface area contributed by atoms with Crippen molar-refractivity contribution in [2.24, 2.45) is 17.6 Å². The lowest BCUT2D eigenvalue weighted by Crippen LogP contribution is -2.29. The minimum atomic E-state index is -0.00900. The van der Waals surface area contributed by atoms with E-state index in [0.29, 0.717) is 29.6 Å². The third-order valence-corrected chi connectivity index (χ3v) is 4.91. The number of anilines is 1. The van der Waals surface area contributed by atoms with Gasteiger partial charge in [0.1, 0.15) is 12.4 Å². The highest BCUT2D eigenvalue weighted by molar-refractivity contribution is 6.32. The fraction of sp³-hybridized carbons (Fsp3) is 0.368. The van der Waals surface area contributed by atoms with Crippen LogP contribution >= 0.6 is 36.4 Å². The summed E-state index contributed by atoms with van der Waals surface area (Å²) in [5, 5.41) is 3.41. The van der Waals surface area contributed by atoms with Crippen LogP contribution in [0.2, 0.25) is 5.02 Å². The van der Waals surface area contributed by atoms with Gasteiger partial charge in [0, 0.05) is 29.6 Å². The first-order valence-corrected chi connectivity index (χ1v) is 8.87. The number of halogens is 3. The second kappa shape index (κ2) is 11.3. The lowest BCUT2D eigenvalue weighted by Gasteiger charge is -2.17. The minimum absolute atomic E-state index is 0. The third kappa shape index (κ3) is 6.25. The van der Waals surface area contributed by atoms with Crippen molar-refractivity contribution < 1.29 is 9.53 Å². The number of benzene rings is 1. The molecular weight excluding hydrogens is 409 g/mol. The number of rotatable bonds is 6. The molecule has 0 bridgehead atoms. The standard InChI is InChI=1S/C19H22ClN3O2.2ClH/c20-17-9-15(23-19(24)16-5-1-4-14(16)10-21)6-7-18(17)25-12-13-3-2-8-22-11-13;;/h2-3,6-9,11,14,16H,1,4-5,10,12,21H2,(H,23,24);2*1H/t14-,16-;;/m1../s1.